The van der Waals surface area contributed by atoms with Gasteiger partial charge in [-0.05, 0) is 69.4 Å². The van der Waals surface area contributed by atoms with E-state index >= 15 is 0 Å². The van der Waals surface area contributed by atoms with Crippen LogP contribution in [0.15, 0.2) is 59.7 Å². The normalized spacial score (nSPS) is 17.4. The molecule has 0 amide bonds. The number of nitrogens with zero attached hydrogens (tertiary/aromatic N) is 3. The van der Waals surface area contributed by atoms with Crippen LogP contribution in [0, 0.1) is 13.8 Å². The van der Waals surface area contributed by atoms with E-state index in [1.54, 1.807) is 0 Å². The Hall–Kier alpha value is -3.05. The fourth-order valence-corrected chi connectivity index (χ4v) is 4.77. The number of aromatic nitrogens is 2. The second-order valence-electron chi connectivity index (χ2n) is 8.97. The fraction of sp³-hybridized carbons (Fsp3) is 0.179. The quantitative estimate of drug-likeness (QED) is 0.233. The lowest BCUT2D eigenvalue weighted by Gasteiger charge is -2.26. The largest absolute Gasteiger partial charge is 0.298 e. The highest BCUT2D eigenvalue weighted by Gasteiger charge is 2.25. The number of carbonyl (C=O) groups is 1. The molecule has 0 N–H and O–H groups in total. The van der Waals surface area contributed by atoms with Crippen molar-refractivity contribution < 1.29 is 4.79 Å². The van der Waals surface area contributed by atoms with Gasteiger partial charge >= 0.3 is 0 Å². The number of Topliss-reactive ketones (excluding diaryl/α,β-unsaturated/α-hetero) is 1. The summed E-state index contributed by atoms with van der Waals surface area (Å²) in [6, 6.07) is 16.0. The second kappa shape index (κ2) is 8.95. The maximum Gasteiger partial charge on any atom is 0.187 e. The van der Waals surface area contributed by atoms with Crippen molar-refractivity contribution in [2.45, 2.75) is 13.8 Å². The van der Waals surface area contributed by atoms with Crippen molar-refractivity contribution in [1.82, 2.24) is 14.9 Å². The number of ketones is 1. The Bertz CT molecular complexity index is 1430. The molecule has 0 saturated carbocycles. The van der Waals surface area contributed by atoms with Gasteiger partial charge in [0.15, 0.2) is 5.78 Å². The molecule has 1 aliphatic rings. The number of fused-ring (bicyclic) bond motifs is 2. The molecule has 2 aromatic heterocycles. The highest BCUT2D eigenvalue weighted by atomic mass is 35.5. The molecule has 3 heterocycles. The molecule has 0 unspecified atom stereocenters. The van der Waals surface area contributed by atoms with E-state index in [9.17, 15) is 4.79 Å². The molecule has 0 radical (unpaired) electrons. The van der Waals surface area contributed by atoms with Gasteiger partial charge in [0, 0.05) is 46.1 Å². The lowest BCUT2D eigenvalue weighted by molar-refractivity contribution is -0.113. The minimum absolute atomic E-state index is 0.0149. The first-order chi connectivity index (χ1) is 16.3. The summed E-state index contributed by atoms with van der Waals surface area (Å²) in [5.74, 6) is -0.0149. The SMILES string of the molecule is Cc1ccc2nc(Cl)c(/C=C3\CN(C)C/C(=C\c4cc5cc(C)ccc5nc4Cl)C3=O)cc2c1. The van der Waals surface area contributed by atoms with Crippen LogP contribution >= 0.6 is 23.2 Å². The molecule has 170 valence electrons. The smallest absolute Gasteiger partial charge is 0.187 e. The Morgan fingerprint density at radius 2 is 1.21 bits per heavy atom. The van der Waals surface area contributed by atoms with Crippen LogP contribution in [0.4, 0.5) is 0 Å². The molecule has 5 rings (SSSR count). The second-order valence-corrected chi connectivity index (χ2v) is 9.69. The lowest BCUT2D eigenvalue weighted by Crippen LogP contribution is -2.34. The molecule has 0 spiro atoms. The van der Waals surface area contributed by atoms with Crippen molar-refractivity contribution in [1.29, 1.82) is 0 Å². The number of rotatable bonds is 2. The minimum Gasteiger partial charge on any atom is -0.298 e. The zero-order chi connectivity index (χ0) is 24.0. The average Bonchev–Trinajstić information content (AvgIpc) is 2.78. The Balaban J connectivity index is 1.55. The maximum absolute atomic E-state index is 13.4. The van der Waals surface area contributed by atoms with Gasteiger partial charge in [-0.1, -0.05) is 46.5 Å². The summed E-state index contributed by atoms with van der Waals surface area (Å²) in [6.45, 7) is 5.14. The van der Waals surface area contributed by atoms with E-state index < -0.39 is 0 Å². The van der Waals surface area contributed by atoms with Gasteiger partial charge in [0.1, 0.15) is 10.3 Å². The number of pyridine rings is 2. The molecule has 4 nitrogen and oxygen atoms in total. The van der Waals surface area contributed by atoms with E-state index in [2.05, 4.69) is 27.0 Å². The van der Waals surface area contributed by atoms with Crippen molar-refractivity contribution in [3.05, 3.63) is 92.2 Å². The van der Waals surface area contributed by atoms with Crippen LogP contribution in [-0.2, 0) is 4.79 Å². The summed E-state index contributed by atoms with van der Waals surface area (Å²) in [5, 5.41) is 2.75. The molecular formula is C28H23Cl2N3O. The first kappa shape index (κ1) is 22.7. The van der Waals surface area contributed by atoms with Gasteiger partial charge in [-0.25, -0.2) is 9.97 Å². The van der Waals surface area contributed by atoms with E-state index in [-0.39, 0.29) is 5.78 Å². The molecule has 4 aromatic rings. The molecule has 34 heavy (non-hydrogen) atoms. The molecule has 1 aliphatic heterocycles. The molecule has 0 bridgehead atoms. The van der Waals surface area contributed by atoms with Crippen molar-refractivity contribution in [2.75, 3.05) is 20.1 Å². The third-order valence-corrected chi connectivity index (χ3v) is 6.63. The van der Waals surface area contributed by atoms with Crippen LogP contribution in [0.3, 0.4) is 0 Å². The topological polar surface area (TPSA) is 46.1 Å². The predicted molar refractivity (Wildman–Crippen MR) is 141 cm³/mol. The number of halogens is 2. The predicted octanol–water partition coefficient (Wildman–Crippen LogP) is 6.69. The van der Waals surface area contributed by atoms with E-state index in [1.165, 1.54) is 0 Å². The summed E-state index contributed by atoms with van der Waals surface area (Å²) < 4.78 is 0. The van der Waals surface area contributed by atoms with Crippen molar-refractivity contribution >= 4 is 62.9 Å². The van der Waals surface area contributed by atoms with Gasteiger partial charge in [-0.2, -0.15) is 0 Å². The first-order valence-electron chi connectivity index (χ1n) is 11.0. The molecule has 0 atom stereocenters. The number of likely N-dealkylation sites (N-methyl/N-ethyl adjacent to an activating group) is 1. The van der Waals surface area contributed by atoms with Crippen LogP contribution < -0.4 is 0 Å². The van der Waals surface area contributed by atoms with Gasteiger partial charge in [-0.15, -0.1) is 0 Å². The summed E-state index contributed by atoms with van der Waals surface area (Å²) in [6.07, 6.45) is 3.71. The summed E-state index contributed by atoms with van der Waals surface area (Å²) in [7, 11) is 1.99. The average molecular weight is 488 g/mol. The number of hydrogen-bond acceptors (Lipinski definition) is 4. The molecule has 1 saturated heterocycles. The standard InChI is InChI=1S/C28H23Cl2N3O/c1-16-4-6-24-18(8-16)10-20(27(29)31-24)12-22-14-33(3)15-23(26(22)34)13-21-11-19-9-17(2)5-7-25(19)32-28(21)30/h4-13H,14-15H2,1-3H3/b22-12+,23-13+. The van der Waals surface area contributed by atoms with Crippen molar-refractivity contribution in [3.8, 4) is 0 Å². The van der Waals surface area contributed by atoms with Gasteiger partial charge in [0.25, 0.3) is 0 Å². The number of hydrogen-bond donors (Lipinski definition) is 0. The Labute approximate surface area is 208 Å². The Morgan fingerprint density at radius 3 is 1.65 bits per heavy atom. The van der Waals surface area contributed by atoms with Crippen LogP contribution in [0.1, 0.15) is 22.3 Å². The number of likely N-dealkylation sites (tertiary alicyclic amines) is 1. The summed E-state index contributed by atoms with van der Waals surface area (Å²) >= 11 is 13.0. The summed E-state index contributed by atoms with van der Waals surface area (Å²) in [5.41, 5.74) is 6.75. The van der Waals surface area contributed by atoms with Gasteiger partial charge < -0.3 is 0 Å². The molecule has 2 aromatic carbocycles. The molecule has 6 heteroatoms. The monoisotopic (exact) mass is 487 g/mol. The van der Waals surface area contributed by atoms with Crippen LogP contribution in [0.25, 0.3) is 34.0 Å². The highest BCUT2D eigenvalue weighted by molar-refractivity contribution is 6.32. The van der Waals surface area contributed by atoms with E-state index in [1.807, 2.05) is 69.4 Å². The summed E-state index contributed by atoms with van der Waals surface area (Å²) in [4.78, 5) is 24.6. The molecular weight excluding hydrogens is 465 g/mol. The van der Waals surface area contributed by atoms with E-state index in [4.69, 9.17) is 23.2 Å². The highest BCUT2D eigenvalue weighted by Crippen LogP contribution is 2.28. The van der Waals surface area contributed by atoms with Crippen LogP contribution in [0.5, 0.6) is 0 Å². The van der Waals surface area contributed by atoms with Gasteiger partial charge in [0.05, 0.1) is 11.0 Å². The first-order valence-corrected chi connectivity index (χ1v) is 11.8. The fourth-order valence-electron chi connectivity index (χ4n) is 4.37. The zero-order valence-electron chi connectivity index (χ0n) is 19.2. The molecule has 1 fully saturated rings. The third kappa shape index (κ3) is 4.49. The number of carbonyl (C=O) groups excluding carboxylic acids is 1. The van der Waals surface area contributed by atoms with Gasteiger partial charge in [-0.3, -0.25) is 9.69 Å². The Kier molecular flexibility index (Phi) is 5.98. The van der Waals surface area contributed by atoms with Crippen LogP contribution in [0.2, 0.25) is 10.3 Å². The van der Waals surface area contributed by atoms with E-state index in [0.717, 1.165) is 44.1 Å². The number of piperidine rings is 1. The zero-order valence-corrected chi connectivity index (χ0v) is 20.7. The van der Waals surface area contributed by atoms with E-state index in [0.29, 0.717) is 34.5 Å². The molecule has 0 aliphatic carbocycles. The number of benzene rings is 2. The number of aryl methyl sites for hydroxylation is 2. The third-order valence-electron chi connectivity index (χ3n) is 6.03. The minimum atomic E-state index is -0.0149. The lowest BCUT2D eigenvalue weighted by atomic mass is 9.94. The Morgan fingerprint density at radius 1 is 0.765 bits per heavy atom. The maximum atomic E-state index is 13.4. The van der Waals surface area contributed by atoms with Crippen molar-refractivity contribution in [2.24, 2.45) is 0 Å². The van der Waals surface area contributed by atoms with Gasteiger partial charge in [0.2, 0.25) is 0 Å². The van der Waals surface area contributed by atoms with Crippen LogP contribution in [-0.4, -0.2) is 40.8 Å². The van der Waals surface area contributed by atoms with Crippen molar-refractivity contribution in [3.63, 3.8) is 0 Å².